The Labute approximate surface area is 274 Å². The highest BCUT2D eigenvalue weighted by Crippen LogP contribution is 2.13. The lowest BCUT2D eigenvalue weighted by Crippen LogP contribution is -2.45. The second kappa shape index (κ2) is 36.1. The molecule has 1 amide bonds. The molecule has 0 aliphatic heterocycles. The van der Waals surface area contributed by atoms with Gasteiger partial charge in [-0.25, -0.2) is 0 Å². The molecule has 0 saturated heterocycles. The van der Waals surface area contributed by atoms with Crippen molar-refractivity contribution in [2.75, 3.05) is 6.61 Å². The van der Waals surface area contributed by atoms with Crippen LogP contribution in [0.15, 0.2) is 36.5 Å². The number of rotatable bonds is 34. The summed E-state index contributed by atoms with van der Waals surface area (Å²) < 4.78 is 0. The minimum Gasteiger partial charge on any atom is -0.394 e. The van der Waals surface area contributed by atoms with Gasteiger partial charge in [-0.3, -0.25) is 4.79 Å². The summed E-state index contributed by atoms with van der Waals surface area (Å²) in [6.07, 6.45) is 46.3. The molecule has 0 unspecified atom stereocenters. The first kappa shape index (κ1) is 42.6. The molecular weight excluding hydrogens is 542 g/mol. The van der Waals surface area contributed by atoms with Crippen molar-refractivity contribution in [3.63, 3.8) is 0 Å². The minimum atomic E-state index is -0.686. The molecule has 0 radical (unpaired) electrons. The molecule has 0 fully saturated rings. The lowest BCUT2D eigenvalue weighted by molar-refractivity contribution is -0.123. The maximum Gasteiger partial charge on any atom is 0.220 e. The summed E-state index contributed by atoms with van der Waals surface area (Å²) in [4.78, 5) is 12.3. The number of nitrogens with one attached hydrogen (secondary N) is 1. The topological polar surface area (TPSA) is 69.6 Å². The van der Waals surface area contributed by atoms with Gasteiger partial charge in [0.2, 0.25) is 5.91 Å². The van der Waals surface area contributed by atoms with E-state index in [2.05, 4.69) is 55.6 Å². The van der Waals surface area contributed by atoms with Gasteiger partial charge in [-0.2, -0.15) is 0 Å². The third-order valence-corrected chi connectivity index (χ3v) is 8.62. The van der Waals surface area contributed by atoms with E-state index in [0.717, 1.165) is 51.4 Å². The van der Waals surface area contributed by atoms with E-state index in [1.54, 1.807) is 0 Å². The summed E-state index contributed by atoms with van der Waals surface area (Å²) >= 11 is 0. The maximum absolute atomic E-state index is 12.3. The fourth-order valence-corrected chi connectivity index (χ4v) is 5.62. The van der Waals surface area contributed by atoms with Crippen molar-refractivity contribution >= 4 is 5.91 Å². The number of allylic oxidation sites excluding steroid dienone is 6. The molecule has 0 heterocycles. The molecule has 44 heavy (non-hydrogen) atoms. The molecule has 0 rings (SSSR count). The average molecular weight is 618 g/mol. The molecule has 0 saturated carbocycles. The Kier molecular flexibility index (Phi) is 34.9. The van der Waals surface area contributed by atoms with Crippen LogP contribution < -0.4 is 5.32 Å². The zero-order chi connectivity index (χ0) is 32.2. The molecule has 0 spiro atoms. The minimum absolute atomic E-state index is 0.0564. The second-order valence-electron chi connectivity index (χ2n) is 13.0. The van der Waals surface area contributed by atoms with Crippen molar-refractivity contribution in [1.82, 2.24) is 5.32 Å². The molecule has 3 N–H and O–H groups in total. The predicted molar refractivity (Wildman–Crippen MR) is 193 cm³/mol. The predicted octanol–water partition coefficient (Wildman–Crippen LogP) is 11.5. The van der Waals surface area contributed by atoms with E-state index < -0.39 is 12.1 Å². The Balaban J connectivity index is 3.63. The summed E-state index contributed by atoms with van der Waals surface area (Å²) in [7, 11) is 0. The van der Waals surface area contributed by atoms with Crippen LogP contribution in [0.4, 0.5) is 0 Å². The average Bonchev–Trinajstić information content (AvgIpc) is 3.03. The Hall–Kier alpha value is -1.39. The van der Waals surface area contributed by atoms with Crippen molar-refractivity contribution in [3.05, 3.63) is 36.5 Å². The van der Waals surface area contributed by atoms with Crippen LogP contribution in [0.1, 0.15) is 194 Å². The van der Waals surface area contributed by atoms with Crippen molar-refractivity contribution in [3.8, 4) is 0 Å². The number of hydrogen-bond donors (Lipinski definition) is 3. The van der Waals surface area contributed by atoms with Gasteiger partial charge in [0.25, 0.3) is 0 Å². The number of amides is 1. The number of aliphatic hydroxyl groups is 2. The fraction of sp³-hybridized carbons (Fsp3) is 0.825. The van der Waals surface area contributed by atoms with Gasteiger partial charge in [-0.05, 0) is 70.6 Å². The molecule has 0 aromatic carbocycles. The summed E-state index contributed by atoms with van der Waals surface area (Å²) in [6.45, 7) is 4.30. The highest BCUT2D eigenvalue weighted by molar-refractivity contribution is 5.76. The highest BCUT2D eigenvalue weighted by atomic mass is 16.3. The van der Waals surface area contributed by atoms with Crippen LogP contribution in [0.5, 0.6) is 0 Å². The third kappa shape index (κ3) is 32.0. The quantitative estimate of drug-likeness (QED) is 0.0497. The van der Waals surface area contributed by atoms with Crippen molar-refractivity contribution in [2.24, 2.45) is 0 Å². The molecule has 258 valence electrons. The molecule has 4 nitrogen and oxygen atoms in total. The lowest BCUT2D eigenvalue weighted by Gasteiger charge is -2.22. The first-order chi connectivity index (χ1) is 21.7. The van der Waals surface area contributed by atoms with Crippen LogP contribution in [0, 0.1) is 0 Å². The molecule has 0 aromatic heterocycles. The van der Waals surface area contributed by atoms with Gasteiger partial charge in [0.1, 0.15) is 0 Å². The SMILES string of the molecule is CCCCC/C=C/C/C=C/CCCCCCCC(=O)N[C@@H](CO)[C@H](O)CCCC/C=C/CCCCCCCCCCCCC. The molecule has 0 aliphatic rings. The first-order valence-corrected chi connectivity index (χ1v) is 19.2. The van der Waals surface area contributed by atoms with E-state index in [9.17, 15) is 15.0 Å². The Bertz CT molecular complexity index is 672. The van der Waals surface area contributed by atoms with Crippen molar-refractivity contribution in [2.45, 2.75) is 206 Å². The monoisotopic (exact) mass is 618 g/mol. The van der Waals surface area contributed by atoms with Gasteiger partial charge in [0, 0.05) is 6.42 Å². The van der Waals surface area contributed by atoms with Crippen LogP contribution in [0.2, 0.25) is 0 Å². The number of carbonyl (C=O) groups is 1. The zero-order valence-corrected chi connectivity index (χ0v) is 29.4. The van der Waals surface area contributed by atoms with Gasteiger partial charge >= 0.3 is 0 Å². The van der Waals surface area contributed by atoms with Crippen LogP contribution in [-0.4, -0.2) is 34.9 Å². The molecule has 4 heteroatoms. The number of carbonyl (C=O) groups excluding carboxylic acids is 1. The van der Waals surface area contributed by atoms with Crippen molar-refractivity contribution in [1.29, 1.82) is 0 Å². The summed E-state index contributed by atoms with van der Waals surface area (Å²) in [6, 6.07) is -0.558. The van der Waals surface area contributed by atoms with Gasteiger partial charge in [0.15, 0.2) is 0 Å². The smallest absolute Gasteiger partial charge is 0.220 e. The summed E-state index contributed by atoms with van der Waals surface area (Å²) in [5.41, 5.74) is 0. The van der Waals surface area contributed by atoms with E-state index in [1.165, 1.54) is 116 Å². The van der Waals surface area contributed by atoms with E-state index in [-0.39, 0.29) is 12.5 Å². The second-order valence-corrected chi connectivity index (χ2v) is 13.0. The maximum atomic E-state index is 12.3. The Morgan fingerprint density at radius 2 is 0.932 bits per heavy atom. The van der Waals surface area contributed by atoms with E-state index >= 15 is 0 Å². The van der Waals surface area contributed by atoms with E-state index in [0.29, 0.717) is 12.8 Å². The van der Waals surface area contributed by atoms with E-state index in [1.807, 2.05) is 0 Å². The highest BCUT2D eigenvalue weighted by Gasteiger charge is 2.19. The first-order valence-electron chi connectivity index (χ1n) is 19.2. The van der Waals surface area contributed by atoms with Gasteiger partial charge < -0.3 is 15.5 Å². The summed E-state index contributed by atoms with van der Waals surface area (Å²) in [5, 5.41) is 23.0. The van der Waals surface area contributed by atoms with Gasteiger partial charge in [-0.1, -0.05) is 153 Å². The normalized spacial score (nSPS) is 13.5. The van der Waals surface area contributed by atoms with Gasteiger partial charge in [0.05, 0.1) is 18.8 Å². The fourth-order valence-electron chi connectivity index (χ4n) is 5.62. The molecule has 0 aromatic rings. The molecule has 2 atom stereocenters. The summed E-state index contributed by atoms with van der Waals surface area (Å²) in [5.74, 6) is -0.0564. The standard InChI is InChI=1S/C40H75NO3/c1-3-5-7-9-11-13-15-17-19-20-22-23-25-27-29-31-33-35-39(43)38(37-42)41-40(44)36-34-32-30-28-26-24-21-18-16-14-12-10-8-6-4-2/h12,14,18,21,25,27,38-39,42-43H,3-11,13,15-17,19-20,22-24,26,28-37H2,1-2H3,(H,41,44)/b14-12+,21-18+,27-25+/t38-,39+/m0/s1. The number of hydrogen-bond acceptors (Lipinski definition) is 3. The van der Waals surface area contributed by atoms with Crippen LogP contribution in [-0.2, 0) is 4.79 Å². The number of aliphatic hydroxyl groups excluding tert-OH is 2. The van der Waals surface area contributed by atoms with Gasteiger partial charge in [-0.15, -0.1) is 0 Å². The van der Waals surface area contributed by atoms with Crippen LogP contribution in [0.3, 0.4) is 0 Å². The molecule has 0 aliphatic carbocycles. The Morgan fingerprint density at radius 3 is 1.43 bits per heavy atom. The van der Waals surface area contributed by atoms with Crippen molar-refractivity contribution < 1.29 is 15.0 Å². The van der Waals surface area contributed by atoms with Crippen LogP contribution in [0.25, 0.3) is 0 Å². The lowest BCUT2D eigenvalue weighted by atomic mass is 10.0. The van der Waals surface area contributed by atoms with E-state index in [4.69, 9.17) is 0 Å². The molecule has 0 bridgehead atoms. The third-order valence-electron chi connectivity index (χ3n) is 8.62. The zero-order valence-electron chi connectivity index (χ0n) is 29.4. The largest absolute Gasteiger partial charge is 0.394 e. The Morgan fingerprint density at radius 1 is 0.545 bits per heavy atom. The van der Waals surface area contributed by atoms with Crippen LogP contribution >= 0.6 is 0 Å². The molecular formula is C40H75NO3. The number of unbranched alkanes of at least 4 members (excludes halogenated alkanes) is 21.